The molecule has 0 aromatic carbocycles. The Hall–Kier alpha value is -3.20. The molecule has 1 atom stereocenters. The molecule has 12 heteroatoms. The van der Waals surface area contributed by atoms with Crippen molar-refractivity contribution in [3.05, 3.63) is 34.9 Å². The molecule has 0 aliphatic heterocycles. The fourth-order valence-electron chi connectivity index (χ4n) is 3.58. The highest BCUT2D eigenvalue weighted by molar-refractivity contribution is 7.92. The number of nitrogens with one attached hydrogen (secondary N) is 1. The van der Waals surface area contributed by atoms with Gasteiger partial charge in [-0.05, 0) is 44.4 Å². The lowest BCUT2D eigenvalue weighted by Gasteiger charge is -2.21. The van der Waals surface area contributed by atoms with Gasteiger partial charge >= 0.3 is 6.18 Å². The summed E-state index contributed by atoms with van der Waals surface area (Å²) in [6.07, 6.45) is -1.15. The van der Waals surface area contributed by atoms with Crippen LogP contribution in [0, 0.1) is 23.0 Å². The van der Waals surface area contributed by atoms with Gasteiger partial charge in [-0.3, -0.25) is 9.78 Å². The molecule has 1 amide bonds. The molecule has 2 aromatic rings. The molecule has 34 heavy (non-hydrogen) atoms. The second-order valence-corrected chi connectivity index (χ2v) is 10.5. The van der Waals surface area contributed by atoms with Crippen molar-refractivity contribution in [3.8, 4) is 17.6 Å². The van der Waals surface area contributed by atoms with Gasteiger partial charge in [-0.1, -0.05) is 6.92 Å². The van der Waals surface area contributed by atoms with Crippen LogP contribution >= 0.6 is 0 Å². The van der Waals surface area contributed by atoms with Crippen molar-refractivity contribution in [2.75, 3.05) is 12.3 Å². The molecule has 0 radical (unpaired) electrons. The lowest BCUT2D eigenvalue weighted by Crippen LogP contribution is -2.30. The summed E-state index contributed by atoms with van der Waals surface area (Å²) in [7, 11) is -1.73. The van der Waals surface area contributed by atoms with Gasteiger partial charge in [0, 0.05) is 31.2 Å². The van der Waals surface area contributed by atoms with E-state index in [4.69, 9.17) is 4.78 Å². The number of imidazole rings is 1. The van der Waals surface area contributed by atoms with Gasteiger partial charge in [0.05, 0.1) is 31.8 Å². The molecule has 2 heterocycles. The second kappa shape index (κ2) is 8.87. The zero-order valence-electron chi connectivity index (χ0n) is 19.2. The van der Waals surface area contributed by atoms with Crippen LogP contribution in [0.4, 0.5) is 13.2 Å². The zero-order valence-corrected chi connectivity index (χ0v) is 20.0. The van der Waals surface area contributed by atoms with Crippen LogP contribution in [-0.2, 0) is 27.0 Å². The Morgan fingerprint density at radius 3 is 2.53 bits per heavy atom. The minimum absolute atomic E-state index is 0.0101. The Balaban J connectivity index is 2.24. The third-order valence-electron chi connectivity index (χ3n) is 6.10. The van der Waals surface area contributed by atoms with E-state index in [1.165, 1.54) is 17.7 Å². The van der Waals surface area contributed by atoms with Crippen LogP contribution in [0.15, 0.2) is 22.9 Å². The van der Waals surface area contributed by atoms with E-state index in [9.17, 15) is 27.4 Å². The monoisotopic (exact) mass is 494 g/mol. The molecule has 1 aliphatic rings. The molecule has 1 N–H and O–H groups in total. The first kappa shape index (κ1) is 25.4. The number of hydrogen-bond acceptors (Lipinski definition) is 6. The topological polar surface area (TPSA) is 116 Å². The molecular formula is C22H25F3N6O2S. The maximum atomic E-state index is 13.6. The Morgan fingerprint density at radius 1 is 1.41 bits per heavy atom. The van der Waals surface area contributed by atoms with E-state index in [1.807, 2.05) is 0 Å². The van der Waals surface area contributed by atoms with Gasteiger partial charge in [-0.2, -0.15) is 18.4 Å². The van der Waals surface area contributed by atoms with Gasteiger partial charge in [-0.15, -0.1) is 0 Å². The van der Waals surface area contributed by atoms with Crippen LogP contribution in [0.25, 0.3) is 17.6 Å². The molecule has 1 aliphatic carbocycles. The average Bonchev–Trinajstić information content (AvgIpc) is 3.55. The SMILES string of the molecule is CCN(C=O)/C(=C\c1nc(-c2ncc(C3(C#N)CC3)cc2S(=N)(=O)CC)n(C)c1C)C(F)(F)F. The number of hydrogen-bond donors (Lipinski definition) is 1. The lowest BCUT2D eigenvalue weighted by molar-refractivity contribution is -0.130. The van der Waals surface area contributed by atoms with Gasteiger partial charge < -0.3 is 9.47 Å². The lowest BCUT2D eigenvalue weighted by atomic mass is 9.99. The summed E-state index contributed by atoms with van der Waals surface area (Å²) in [5.41, 5.74) is -0.874. The van der Waals surface area contributed by atoms with Crippen molar-refractivity contribution in [2.24, 2.45) is 7.05 Å². The predicted molar refractivity (Wildman–Crippen MR) is 120 cm³/mol. The third kappa shape index (κ3) is 4.44. The summed E-state index contributed by atoms with van der Waals surface area (Å²) in [6.45, 7) is 4.40. The standard InChI is InChI=1S/C22H25F3N6O2S/c1-5-31(13-32)18(22(23,24)25)10-16-14(3)30(4)20(29-16)19-17(34(27,33)6-2)9-15(11-28-19)21(12-26)7-8-21/h9-11,13,27H,5-8H2,1-4H3/b18-10-. The summed E-state index contributed by atoms with van der Waals surface area (Å²) >= 11 is 0. The van der Waals surface area contributed by atoms with E-state index in [0.717, 1.165) is 6.08 Å². The van der Waals surface area contributed by atoms with Gasteiger partial charge in [0.25, 0.3) is 0 Å². The van der Waals surface area contributed by atoms with Crippen molar-refractivity contribution >= 4 is 22.2 Å². The van der Waals surface area contributed by atoms with Crippen molar-refractivity contribution in [1.29, 1.82) is 10.0 Å². The molecule has 2 aromatic heterocycles. The molecule has 0 bridgehead atoms. The van der Waals surface area contributed by atoms with Gasteiger partial charge in [0.1, 0.15) is 11.4 Å². The van der Waals surface area contributed by atoms with Crippen LogP contribution < -0.4 is 0 Å². The second-order valence-electron chi connectivity index (χ2n) is 8.11. The highest BCUT2D eigenvalue weighted by Gasteiger charge is 2.46. The van der Waals surface area contributed by atoms with E-state index in [1.54, 1.807) is 27.0 Å². The van der Waals surface area contributed by atoms with Crippen LogP contribution in [0.3, 0.4) is 0 Å². The quantitative estimate of drug-likeness (QED) is 0.554. The van der Waals surface area contributed by atoms with E-state index in [-0.39, 0.29) is 40.8 Å². The molecule has 182 valence electrons. The minimum atomic E-state index is -4.79. The highest BCUT2D eigenvalue weighted by atomic mass is 32.2. The number of nitrogens with zero attached hydrogens (tertiary/aromatic N) is 5. The summed E-state index contributed by atoms with van der Waals surface area (Å²) in [5.74, 6) is 0.125. The fourth-order valence-corrected chi connectivity index (χ4v) is 4.66. The first-order valence-corrected chi connectivity index (χ1v) is 12.3. The van der Waals surface area contributed by atoms with E-state index in [2.05, 4.69) is 16.0 Å². The minimum Gasteiger partial charge on any atom is -0.329 e. The molecule has 1 unspecified atom stereocenters. The van der Waals surface area contributed by atoms with Crippen molar-refractivity contribution in [1.82, 2.24) is 19.4 Å². The Labute approximate surface area is 196 Å². The molecule has 0 spiro atoms. The van der Waals surface area contributed by atoms with Crippen molar-refractivity contribution in [2.45, 2.75) is 50.1 Å². The summed E-state index contributed by atoms with van der Waals surface area (Å²) in [5, 5.41) is 9.53. The molecule has 1 saturated carbocycles. The largest absolute Gasteiger partial charge is 0.431 e. The first-order chi connectivity index (χ1) is 15.8. The number of aromatic nitrogens is 3. The Bertz CT molecular complexity index is 1300. The van der Waals surface area contributed by atoms with Crippen LogP contribution in [0.1, 0.15) is 43.6 Å². The summed E-state index contributed by atoms with van der Waals surface area (Å²) in [6, 6.07) is 3.79. The van der Waals surface area contributed by atoms with E-state index >= 15 is 0 Å². The number of allylic oxidation sites excluding steroid dienone is 1. The number of carbonyl (C=O) groups excluding carboxylic acids is 1. The smallest absolute Gasteiger partial charge is 0.329 e. The molecular weight excluding hydrogens is 469 g/mol. The van der Waals surface area contributed by atoms with E-state index in [0.29, 0.717) is 29.0 Å². The highest BCUT2D eigenvalue weighted by Crippen LogP contribution is 2.48. The summed E-state index contributed by atoms with van der Waals surface area (Å²) in [4.78, 5) is 20.5. The number of halogens is 3. The average molecular weight is 495 g/mol. The zero-order chi connectivity index (χ0) is 25.5. The van der Waals surface area contributed by atoms with E-state index < -0.39 is 27.0 Å². The Morgan fingerprint density at radius 2 is 2.06 bits per heavy atom. The van der Waals surface area contributed by atoms with Gasteiger partial charge in [-0.25, -0.2) is 14.0 Å². The number of pyridine rings is 1. The number of carbonyl (C=O) groups is 1. The molecule has 0 saturated heterocycles. The first-order valence-electron chi connectivity index (χ1n) is 10.6. The van der Waals surface area contributed by atoms with Gasteiger partial charge in [0.15, 0.2) is 5.82 Å². The molecule has 8 nitrogen and oxygen atoms in total. The van der Waals surface area contributed by atoms with Gasteiger partial charge in [0.2, 0.25) is 6.41 Å². The van der Waals surface area contributed by atoms with Crippen LogP contribution in [0.2, 0.25) is 0 Å². The maximum absolute atomic E-state index is 13.6. The maximum Gasteiger partial charge on any atom is 0.431 e. The van der Waals surface area contributed by atoms with Crippen molar-refractivity contribution < 1.29 is 22.2 Å². The normalized spacial score (nSPS) is 17.1. The number of alkyl halides is 3. The predicted octanol–water partition coefficient (Wildman–Crippen LogP) is 4.15. The number of rotatable bonds is 8. The number of amides is 1. The third-order valence-corrected chi connectivity index (χ3v) is 7.94. The van der Waals surface area contributed by atoms with Crippen LogP contribution in [-0.4, -0.2) is 48.5 Å². The molecule has 3 rings (SSSR count). The fraction of sp³-hybridized carbons (Fsp3) is 0.455. The summed E-state index contributed by atoms with van der Waals surface area (Å²) < 4.78 is 63.9. The Kier molecular flexibility index (Phi) is 6.63. The molecule has 1 fully saturated rings. The van der Waals surface area contributed by atoms with Crippen LogP contribution in [0.5, 0.6) is 0 Å². The van der Waals surface area contributed by atoms with Crippen molar-refractivity contribution in [3.63, 3.8) is 0 Å². The number of nitriles is 1.